The Labute approximate surface area is 118 Å². The van der Waals surface area contributed by atoms with Gasteiger partial charge in [0.05, 0.1) is 6.61 Å². The average molecular weight is 277 g/mol. The van der Waals surface area contributed by atoms with Crippen molar-refractivity contribution >= 4 is 23.1 Å². The molecule has 0 saturated carbocycles. The van der Waals surface area contributed by atoms with E-state index in [2.05, 4.69) is 0 Å². The SMILES string of the molecule is CCOC(=O)C1=C(c2ccc(C)cc2)C=C(Cl)CC1. The van der Waals surface area contributed by atoms with Crippen LogP contribution < -0.4 is 0 Å². The maximum absolute atomic E-state index is 12.0. The third-order valence-electron chi connectivity index (χ3n) is 3.12. The molecule has 19 heavy (non-hydrogen) atoms. The number of benzene rings is 1. The molecule has 0 unspecified atom stereocenters. The molecule has 0 radical (unpaired) electrons. The molecule has 0 bridgehead atoms. The number of carbonyl (C=O) groups excluding carboxylic acids is 1. The Hall–Kier alpha value is -1.54. The minimum atomic E-state index is -0.238. The number of halogens is 1. The number of esters is 1. The van der Waals surface area contributed by atoms with E-state index in [1.807, 2.05) is 44.2 Å². The number of hydrogen-bond acceptors (Lipinski definition) is 2. The lowest BCUT2D eigenvalue weighted by molar-refractivity contribution is -0.138. The van der Waals surface area contributed by atoms with Crippen molar-refractivity contribution in [2.24, 2.45) is 0 Å². The summed E-state index contributed by atoms with van der Waals surface area (Å²) in [6.07, 6.45) is 3.21. The second-order valence-electron chi connectivity index (χ2n) is 4.57. The first-order valence-corrected chi connectivity index (χ1v) is 6.83. The molecule has 0 aromatic heterocycles. The molecule has 1 aliphatic carbocycles. The van der Waals surface area contributed by atoms with Crippen LogP contribution in [-0.2, 0) is 9.53 Å². The largest absolute Gasteiger partial charge is 0.463 e. The van der Waals surface area contributed by atoms with Crippen molar-refractivity contribution < 1.29 is 9.53 Å². The van der Waals surface area contributed by atoms with Gasteiger partial charge >= 0.3 is 5.97 Å². The van der Waals surface area contributed by atoms with Crippen molar-refractivity contribution in [2.45, 2.75) is 26.7 Å². The van der Waals surface area contributed by atoms with Crippen LogP contribution in [0.2, 0.25) is 0 Å². The first kappa shape index (κ1) is 13.9. The van der Waals surface area contributed by atoms with Crippen LogP contribution in [0.4, 0.5) is 0 Å². The summed E-state index contributed by atoms with van der Waals surface area (Å²) < 4.78 is 5.12. The van der Waals surface area contributed by atoms with Crippen molar-refractivity contribution in [1.29, 1.82) is 0 Å². The van der Waals surface area contributed by atoms with E-state index in [9.17, 15) is 4.79 Å². The topological polar surface area (TPSA) is 26.3 Å². The van der Waals surface area contributed by atoms with Gasteiger partial charge in [-0.1, -0.05) is 41.4 Å². The van der Waals surface area contributed by atoms with Gasteiger partial charge in [-0.2, -0.15) is 0 Å². The third kappa shape index (κ3) is 3.27. The molecule has 0 saturated heterocycles. The van der Waals surface area contributed by atoms with Gasteiger partial charge in [0.2, 0.25) is 0 Å². The molecule has 0 heterocycles. The van der Waals surface area contributed by atoms with Crippen LogP contribution in [-0.4, -0.2) is 12.6 Å². The van der Waals surface area contributed by atoms with Crippen LogP contribution in [0.1, 0.15) is 30.9 Å². The fourth-order valence-corrected chi connectivity index (χ4v) is 2.32. The van der Waals surface area contributed by atoms with E-state index in [0.29, 0.717) is 19.4 Å². The highest BCUT2D eigenvalue weighted by Gasteiger charge is 2.20. The number of allylic oxidation sites excluding steroid dienone is 3. The maximum Gasteiger partial charge on any atom is 0.334 e. The molecule has 0 spiro atoms. The highest BCUT2D eigenvalue weighted by molar-refractivity contribution is 6.30. The van der Waals surface area contributed by atoms with E-state index in [4.69, 9.17) is 16.3 Å². The molecule has 3 heteroatoms. The lowest BCUT2D eigenvalue weighted by atomic mass is 9.92. The first-order chi connectivity index (χ1) is 9.11. The van der Waals surface area contributed by atoms with Crippen molar-refractivity contribution in [2.75, 3.05) is 6.61 Å². The zero-order valence-corrected chi connectivity index (χ0v) is 12.0. The van der Waals surface area contributed by atoms with Crippen LogP contribution >= 0.6 is 11.6 Å². The van der Waals surface area contributed by atoms with Crippen molar-refractivity contribution in [3.63, 3.8) is 0 Å². The smallest absolute Gasteiger partial charge is 0.334 e. The molecule has 0 atom stereocenters. The molecular formula is C16H17ClO2. The summed E-state index contributed by atoms with van der Waals surface area (Å²) in [5.74, 6) is -0.238. The zero-order chi connectivity index (χ0) is 13.8. The number of hydrogen-bond donors (Lipinski definition) is 0. The van der Waals surface area contributed by atoms with Gasteiger partial charge in [0.15, 0.2) is 0 Å². The first-order valence-electron chi connectivity index (χ1n) is 6.45. The molecule has 0 amide bonds. The van der Waals surface area contributed by atoms with Gasteiger partial charge in [0, 0.05) is 10.6 Å². The van der Waals surface area contributed by atoms with Crippen molar-refractivity contribution in [1.82, 2.24) is 0 Å². The molecule has 0 N–H and O–H groups in total. The molecular weight excluding hydrogens is 260 g/mol. The number of carbonyl (C=O) groups is 1. The summed E-state index contributed by atoms with van der Waals surface area (Å²) in [7, 11) is 0. The lowest BCUT2D eigenvalue weighted by Crippen LogP contribution is -2.12. The van der Waals surface area contributed by atoms with E-state index in [1.165, 1.54) is 5.56 Å². The predicted octanol–water partition coefficient (Wildman–Crippen LogP) is 4.23. The lowest BCUT2D eigenvalue weighted by Gasteiger charge is -2.17. The normalized spacial score (nSPS) is 15.2. The van der Waals surface area contributed by atoms with Crippen molar-refractivity contribution in [3.8, 4) is 0 Å². The molecule has 0 aliphatic heterocycles. The average Bonchev–Trinajstić information content (AvgIpc) is 2.39. The summed E-state index contributed by atoms with van der Waals surface area (Å²) in [6, 6.07) is 8.08. The van der Waals surface area contributed by atoms with Gasteiger partial charge in [-0.15, -0.1) is 0 Å². The van der Waals surface area contributed by atoms with Crippen molar-refractivity contribution in [3.05, 3.63) is 52.1 Å². The standard InChI is InChI=1S/C16H17ClO2/c1-3-19-16(18)14-9-8-13(17)10-15(14)12-6-4-11(2)5-7-12/h4-7,10H,3,8-9H2,1-2H3. The van der Waals surface area contributed by atoms with Crippen LogP contribution in [0.3, 0.4) is 0 Å². The summed E-state index contributed by atoms with van der Waals surface area (Å²) in [6.45, 7) is 4.24. The van der Waals surface area contributed by atoms with Gasteiger partial charge in [-0.05, 0) is 43.9 Å². The fourth-order valence-electron chi connectivity index (χ4n) is 2.12. The molecule has 1 aromatic carbocycles. The van der Waals surface area contributed by atoms with E-state index in [0.717, 1.165) is 21.7 Å². The Kier molecular flexibility index (Phi) is 4.43. The van der Waals surface area contributed by atoms with Gasteiger partial charge in [-0.25, -0.2) is 4.79 Å². The summed E-state index contributed by atoms with van der Waals surface area (Å²) in [5.41, 5.74) is 3.80. The monoisotopic (exact) mass is 276 g/mol. The van der Waals surface area contributed by atoms with Crippen LogP contribution in [0, 0.1) is 6.92 Å². The van der Waals surface area contributed by atoms with E-state index in [-0.39, 0.29) is 5.97 Å². The highest BCUT2D eigenvalue weighted by atomic mass is 35.5. The third-order valence-corrected chi connectivity index (χ3v) is 3.42. The Balaban J connectivity index is 2.45. The Morgan fingerprint density at radius 1 is 1.26 bits per heavy atom. The van der Waals surface area contributed by atoms with E-state index in [1.54, 1.807) is 0 Å². The van der Waals surface area contributed by atoms with Crippen LogP contribution in [0.5, 0.6) is 0 Å². The quantitative estimate of drug-likeness (QED) is 0.773. The number of aryl methyl sites for hydroxylation is 1. The van der Waals surface area contributed by atoms with E-state index >= 15 is 0 Å². The fraction of sp³-hybridized carbons (Fsp3) is 0.312. The molecule has 2 nitrogen and oxygen atoms in total. The second-order valence-corrected chi connectivity index (χ2v) is 5.06. The molecule has 100 valence electrons. The molecule has 0 fully saturated rings. The second kappa shape index (κ2) is 6.07. The highest BCUT2D eigenvalue weighted by Crippen LogP contribution is 2.33. The summed E-state index contributed by atoms with van der Waals surface area (Å²) in [5, 5.41) is 0.781. The Morgan fingerprint density at radius 2 is 1.95 bits per heavy atom. The summed E-state index contributed by atoms with van der Waals surface area (Å²) >= 11 is 6.11. The summed E-state index contributed by atoms with van der Waals surface area (Å²) in [4.78, 5) is 12.0. The predicted molar refractivity (Wildman–Crippen MR) is 77.9 cm³/mol. The molecule has 1 aliphatic rings. The maximum atomic E-state index is 12.0. The molecule has 1 aromatic rings. The van der Waals surface area contributed by atoms with E-state index < -0.39 is 0 Å². The van der Waals surface area contributed by atoms with Gasteiger partial charge in [0.25, 0.3) is 0 Å². The molecule has 2 rings (SSSR count). The minimum absolute atomic E-state index is 0.238. The van der Waals surface area contributed by atoms with Gasteiger partial charge in [-0.3, -0.25) is 0 Å². The Bertz CT molecular complexity index is 538. The van der Waals surface area contributed by atoms with Gasteiger partial charge < -0.3 is 4.74 Å². The Morgan fingerprint density at radius 3 is 2.58 bits per heavy atom. The number of ether oxygens (including phenoxy) is 1. The van der Waals surface area contributed by atoms with Gasteiger partial charge in [0.1, 0.15) is 0 Å². The zero-order valence-electron chi connectivity index (χ0n) is 11.2. The number of rotatable bonds is 3. The minimum Gasteiger partial charge on any atom is -0.463 e. The van der Waals surface area contributed by atoms with Crippen LogP contribution in [0.15, 0.2) is 40.9 Å². The van der Waals surface area contributed by atoms with Crippen LogP contribution in [0.25, 0.3) is 5.57 Å².